The zero-order chi connectivity index (χ0) is 16.0. The highest BCUT2D eigenvalue weighted by Gasteiger charge is 2.11. The zero-order valence-corrected chi connectivity index (χ0v) is 15.0. The molecule has 1 heteroatoms. The van der Waals surface area contributed by atoms with Gasteiger partial charge in [-0.05, 0) is 23.1 Å². The molecule has 112 valence electrons. The highest BCUT2D eigenvalue weighted by molar-refractivity contribution is 6.84. The van der Waals surface area contributed by atoms with Crippen molar-refractivity contribution in [2.24, 2.45) is 0 Å². The molecular weight excluding hydrogens is 280 g/mol. The van der Waals surface area contributed by atoms with Gasteiger partial charge >= 0.3 is 0 Å². The first-order chi connectivity index (χ1) is 10.5. The Hall–Kier alpha value is -2.04. The maximum absolute atomic E-state index is 3.54. The van der Waals surface area contributed by atoms with Crippen molar-refractivity contribution < 1.29 is 0 Å². The van der Waals surface area contributed by atoms with Crippen LogP contribution in [0.1, 0.15) is 24.5 Å². The Balaban J connectivity index is 2.65. The monoisotopic (exact) mass is 304 g/mol. The molecule has 0 aliphatic carbocycles. The van der Waals surface area contributed by atoms with E-state index in [1.54, 1.807) is 0 Å². The second kappa shape index (κ2) is 7.29. The Morgan fingerprint density at radius 3 is 1.77 bits per heavy atom. The van der Waals surface area contributed by atoms with Gasteiger partial charge in [-0.3, -0.25) is 0 Å². The van der Waals surface area contributed by atoms with Gasteiger partial charge in [0.15, 0.2) is 0 Å². The van der Waals surface area contributed by atoms with Gasteiger partial charge in [-0.2, -0.15) is 0 Å². The Morgan fingerprint density at radius 1 is 0.818 bits per heavy atom. The van der Waals surface area contributed by atoms with Crippen LogP contribution in [0.4, 0.5) is 0 Å². The molecule has 0 heterocycles. The quantitative estimate of drug-likeness (QED) is 0.377. The van der Waals surface area contributed by atoms with Crippen molar-refractivity contribution in [2.75, 3.05) is 0 Å². The molecule has 22 heavy (non-hydrogen) atoms. The van der Waals surface area contributed by atoms with Gasteiger partial charge in [0.25, 0.3) is 0 Å². The SMILES string of the molecule is CC/C(=C(\C#C[Si](C)(C)C)c1ccccc1)c1ccccc1. The van der Waals surface area contributed by atoms with E-state index in [4.69, 9.17) is 0 Å². The Morgan fingerprint density at radius 2 is 1.32 bits per heavy atom. The lowest BCUT2D eigenvalue weighted by Gasteiger charge is -2.12. The molecule has 0 fully saturated rings. The van der Waals surface area contributed by atoms with Crippen molar-refractivity contribution in [1.29, 1.82) is 0 Å². The van der Waals surface area contributed by atoms with E-state index >= 15 is 0 Å². The van der Waals surface area contributed by atoms with E-state index < -0.39 is 8.07 Å². The van der Waals surface area contributed by atoms with Crippen LogP contribution in [0.15, 0.2) is 60.7 Å². The third-order valence-electron chi connectivity index (χ3n) is 3.40. The average molecular weight is 305 g/mol. The fraction of sp³-hybridized carbons (Fsp3) is 0.238. The molecule has 0 saturated carbocycles. The van der Waals surface area contributed by atoms with Crippen molar-refractivity contribution in [3.8, 4) is 11.5 Å². The van der Waals surface area contributed by atoms with E-state index in [0.717, 1.165) is 6.42 Å². The molecule has 0 radical (unpaired) electrons. The largest absolute Gasteiger partial charge is 0.129 e. The second-order valence-electron chi connectivity index (χ2n) is 6.44. The summed E-state index contributed by atoms with van der Waals surface area (Å²) in [5.41, 5.74) is 8.53. The molecule has 0 aromatic heterocycles. The molecule has 2 aromatic carbocycles. The fourth-order valence-electron chi connectivity index (χ4n) is 2.34. The van der Waals surface area contributed by atoms with Gasteiger partial charge in [0.1, 0.15) is 8.07 Å². The molecule has 2 aromatic rings. The summed E-state index contributed by atoms with van der Waals surface area (Å²) < 4.78 is 0. The van der Waals surface area contributed by atoms with Gasteiger partial charge in [-0.25, -0.2) is 0 Å². The molecule has 0 N–H and O–H groups in total. The Labute approximate surface area is 135 Å². The van der Waals surface area contributed by atoms with Gasteiger partial charge < -0.3 is 0 Å². The lowest BCUT2D eigenvalue weighted by molar-refractivity contribution is 1.24. The van der Waals surface area contributed by atoms with E-state index in [0.29, 0.717) is 0 Å². The third kappa shape index (κ3) is 4.48. The van der Waals surface area contributed by atoms with E-state index in [1.807, 2.05) is 0 Å². The van der Waals surface area contributed by atoms with Crippen molar-refractivity contribution in [3.63, 3.8) is 0 Å². The molecule has 0 atom stereocenters. The molecule has 0 nitrogen and oxygen atoms in total. The minimum absolute atomic E-state index is 0.981. The summed E-state index contributed by atoms with van der Waals surface area (Å²) in [7, 11) is -1.41. The predicted octanol–water partition coefficient (Wildman–Crippen LogP) is 5.89. The molecule has 0 bridgehead atoms. The van der Waals surface area contributed by atoms with Crippen LogP contribution in [-0.4, -0.2) is 8.07 Å². The summed E-state index contributed by atoms with van der Waals surface area (Å²) in [5, 5.41) is 0. The van der Waals surface area contributed by atoms with Crippen LogP contribution < -0.4 is 0 Å². The fourth-order valence-corrected chi connectivity index (χ4v) is 2.84. The topological polar surface area (TPSA) is 0 Å². The second-order valence-corrected chi connectivity index (χ2v) is 11.2. The van der Waals surface area contributed by atoms with Gasteiger partial charge in [-0.1, -0.05) is 93.1 Å². The van der Waals surface area contributed by atoms with Crippen LogP contribution in [0.2, 0.25) is 19.6 Å². The molecule has 0 aliphatic rings. The van der Waals surface area contributed by atoms with Crippen LogP contribution >= 0.6 is 0 Å². The summed E-state index contributed by atoms with van der Waals surface area (Å²) in [6.45, 7) is 9.08. The number of rotatable bonds is 3. The summed E-state index contributed by atoms with van der Waals surface area (Å²) >= 11 is 0. The minimum atomic E-state index is -1.41. The molecule has 0 saturated heterocycles. The van der Waals surface area contributed by atoms with Crippen molar-refractivity contribution in [1.82, 2.24) is 0 Å². The average Bonchev–Trinajstić information content (AvgIpc) is 2.52. The van der Waals surface area contributed by atoms with Gasteiger partial charge in [-0.15, -0.1) is 5.54 Å². The maximum Gasteiger partial charge on any atom is 0.129 e. The zero-order valence-electron chi connectivity index (χ0n) is 14.0. The molecule has 0 amide bonds. The summed E-state index contributed by atoms with van der Waals surface area (Å²) in [5.74, 6) is 3.52. The van der Waals surface area contributed by atoms with E-state index in [2.05, 4.69) is 98.7 Å². The summed E-state index contributed by atoms with van der Waals surface area (Å²) in [4.78, 5) is 0. The molecule has 0 spiro atoms. The molecule has 0 aliphatic heterocycles. The first-order valence-electron chi connectivity index (χ1n) is 7.88. The van der Waals surface area contributed by atoms with Crippen LogP contribution in [0, 0.1) is 11.5 Å². The van der Waals surface area contributed by atoms with E-state index in [9.17, 15) is 0 Å². The maximum atomic E-state index is 3.54. The molecule has 2 rings (SSSR count). The number of hydrogen-bond donors (Lipinski definition) is 0. The lowest BCUT2D eigenvalue weighted by atomic mass is 9.93. The van der Waals surface area contributed by atoms with Gasteiger partial charge in [0, 0.05) is 5.57 Å². The first kappa shape index (κ1) is 16.3. The summed E-state index contributed by atoms with van der Waals surface area (Å²) in [6.07, 6.45) is 0.981. The molecule has 0 unspecified atom stereocenters. The van der Waals surface area contributed by atoms with Crippen LogP contribution in [0.5, 0.6) is 0 Å². The van der Waals surface area contributed by atoms with Gasteiger partial charge in [0.2, 0.25) is 0 Å². The van der Waals surface area contributed by atoms with Gasteiger partial charge in [0.05, 0.1) is 0 Å². The standard InChI is InChI=1S/C21H24Si/c1-5-20(18-12-8-6-9-13-18)21(16-17-22(2,3)4)19-14-10-7-11-15-19/h6-15H,5H2,1-4H3/b21-20-. The van der Waals surface area contributed by atoms with E-state index in [1.165, 1.54) is 22.3 Å². The summed E-state index contributed by atoms with van der Waals surface area (Å²) in [6, 6.07) is 21.2. The number of benzene rings is 2. The van der Waals surface area contributed by atoms with Crippen LogP contribution in [-0.2, 0) is 0 Å². The Kier molecular flexibility index (Phi) is 5.41. The first-order valence-corrected chi connectivity index (χ1v) is 11.4. The normalized spacial score (nSPS) is 12.2. The van der Waals surface area contributed by atoms with E-state index in [-0.39, 0.29) is 0 Å². The Bertz CT molecular complexity index is 692. The highest BCUT2D eigenvalue weighted by atomic mass is 28.3. The number of allylic oxidation sites excluding steroid dienone is 2. The minimum Gasteiger partial charge on any atom is -0.127 e. The van der Waals surface area contributed by atoms with Crippen molar-refractivity contribution in [3.05, 3.63) is 71.8 Å². The lowest BCUT2D eigenvalue weighted by Crippen LogP contribution is -2.16. The van der Waals surface area contributed by atoms with Crippen molar-refractivity contribution >= 4 is 19.2 Å². The molecular formula is C21H24Si. The highest BCUT2D eigenvalue weighted by Crippen LogP contribution is 2.28. The smallest absolute Gasteiger partial charge is 0.127 e. The third-order valence-corrected chi connectivity index (χ3v) is 4.28. The predicted molar refractivity (Wildman–Crippen MR) is 101 cm³/mol. The van der Waals surface area contributed by atoms with Crippen LogP contribution in [0.25, 0.3) is 11.1 Å². The number of hydrogen-bond acceptors (Lipinski definition) is 0. The van der Waals surface area contributed by atoms with Crippen LogP contribution in [0.3, 0.4) is 0 Å². The van der Waals surface area contributed by atoms with Crippen molar-refractivity contribution in [2.45, 2.75) is 33.0 Å².